The van der Waals surface area contributed by atoms with Gasteiger partial charge in [-0.15, -0.1) is 0 Å². The summed E-state index contributed by atoms with van der Waals surface area (Å²) >= 11 is 0. The number of amides is 2. The van der Waals surface area contributed by atoms with Gasteiger partial charge in [-0.1, -0.05) is 36.4 Å². The summed E-state index contributed by atoms with van der Waals surface area (Å²) in [6.07, 6.45) is 0. The first-order chi connectivity index (χ1) is 13.8. The van der Waals surface area contributed by atoms with Crippen molar-refractivity contribution in [2.75, 3.05) is 5.32 Å². The first-order valence-corrected chi connectivity index (χ1v) is 10.2. The molecule has 7 nitrogen and oxygen atoms in total. The third-order valence-corrected chi connectivity index (χ3v) is 5.54. The molecule has 3 aromatic rings. The van der Waals surface area contributed by atoms with Crippen LogP contribution in [0.5, 0.6) is 0 Å². The predicted molar refractivity (Wildman–Crippen MR) is 110 cm³/mol. The Bertz CT molecular complexity index is 1130. The zero-order valence-electron chi connectivity index (χ0n) is 15.3. The molecule has 0 fully saturated rings. The average Bonchev–Trinajstić information content (AvgIpc) is 2.73. The molecule has 2 amide bonds. The van der Waals surface area contributed by atoms with Gasteiger partial charge in [0, 0.05) is 23.4 Å². The van der Waals surface area contributed by atoms with Crippen LogP contribution in [0.1, 0.15) is 26.3 Å². The summed E-state index contributed by atoms with van der Waals surface area (Å²) in [4.78, 5) is 23.6. The number of sulfonamides is 1. The van der Waals surface area contributed by atoms with Crippen LogP contribution in [0.25, 0.3) is 0 Å². The Kier molecular flexibility index (Phi) is 6.06. The number of nitrogens with two attached hydrogens (primary N) is 1. The van der Waals surface area contributed by atoms with E-state index in [9.17, 15) is 18.0 Å². The lowest BCUT2D eigenvalue weighted by Gasteiger charge is -2.09. The van der Waals surface area contributed by atoms with Crippen molar-refractivity contribution in [2.45, 2.75) is 11.4 Å². The van der Waals surface area contributed by atoms with Gasteiger partial charge < -0.3 is 11.1 Å². The van der Waals surface area contributed by atoms with Gasteiger partial charge in [-0.2, -0.15) is 0 Å². The Labute approximate surface area is 168 Å². The summed E-state index contributed by atoms with van der Waals surface area (Å²) in [5.74, 6) is -1.04. The molecule has 0 heterocycles. The number of carbonyl (C=O) groups is 2. The molecule has 0 radical (unpaired) electrons. The minimum absolute atomic E-state index is 0.00911. The highest BCUT2D eigenvalue weighted by Crippen LogP contribution is 2.15. The quantitative estimate of drug-likeness (QED) is 0.555. The molecule has 8 heteroatoms. The zero-order chi connectivity index (χ0) is 20.9. The van der Waals surface area contributed by atoms with Gasteiger partial charge in [0.2, 0.25) is 15.9 Å². The van der Waals surface area contributed by atoms with Gasteiger partial charge in [-0.3, -0.25) is 9.59 Å². The van der Waals surface area contributed by atoms with Crippen molar-refractivity contribution in [1.82, 2.24) is 4.72 Å². The van der Waals surface area contributed by atoms with Crippen molar-refractivity contribution in [3.05, 3.63) is 95.6 Å². The maximum atomic E-state index is 12.6. The van der Waals surface area contributed by atoms with Gasteiger partial charge in [0.15, 0.2) is 0 Å². The van der Waals surface area contributed by atoms with Crippen molar-refractivity contribution in [3.8, 4) is 0 Å². The molecule has 0 unspecified atom stereocenters. The molecule has 0 spiro atoms. The Morgan fingerprint density at radius 2 is 1.52 bits per heavy atom. The van der Waals surface area contributed by atoms with Crippen molar-refractivity contribution in [1.29, 1.82) is 0 Å². The zero-order valence-corrected chi connectivity index (χ0v) is 16.1. The molecule has 0 bridgehead atoms. The van der Waals surface area contributed by atoms with Gasteiger partial charge >= 0.3 is 0 Å². The summed E-state index contributed by atoms with van der Waals surface area (Å²) in [5, 5.41) is 2.65. The number of benzene rings is 3. The molecule has 0 aliphatic rings. The lowest BCUT2D eigenvalue weighted by molar-refractivity contribution is 0.0998. The van der Waals surface area contributed by atoms with Crippen LogP contribution < -0.4 is 15.8 Å². The normalized spacial score (nSPS) is 11.0. The van der Waals surface area contributed by atoms with Crippen molar-refractivity contribution in [3.63, 3.8) is 0 Å². The standard InChI is InChI=1S/C21H19N3O4S/c22-20(25)16-9-11-18(12-10-16)24-21(26)17-7-4-8-19(13-17)29(27,28)23-14-15-5-2-1-3-6-15/h1-13,23H,14H2,(H2,22,25)(H,24,26). The number of anilines is 1. The second kappa shape index (κ2) is 8.68. The predicted octanol–water partition coefficient (Wildman–Crippen LogP) is 2.52. The van der Waals surface area contributed by atoms with Gasteiger partial charge in [0.05, 0.1) is 4.90 Å². The highest BCUT2D eigenvalue weighted by molar-refractivity contribution is 7.89. The van der Waals surface area contributed by atoms with Crippen LogP contribution in [-0.4, -0.2) is 20.2 Å². The van der Waals surface area contributed by atoms with Crippen molar-refractivity contribution < 1.29 is 18.0 Å². The number of nitrogens with one attached hydrogen (secondary N) is 2. The van der Waals surface area contributed by atoms with Gasteiger partial charge in [0.1, 0.15) is 0 Å². The van der Waals surface area contributed by atoms with Crippen LogP contribution in [0, 0.1) is 0 Å². The maximum Gasteiger partial charge on any atom is 0.255 e. The second-order valence-electron chi connectivity index (χ2n) is 6.23. The molecule has 0 aliphatic heterocycles. The number of rotatable bonds is 7. The third kappa shape index (κ3) is 5.28. The number of hydrogen-bond donors (Lipinski definition) is 3. The van der Waals surface area contributed by atoms with Crippen LogP contribution in [0.2, 0.25) is 0 Å². The molecule has 0 atom stereocenters. The molecule has 3 aromatic carbocycles. The molecule has 0 saturated heterocycles. The van der Waals surface area contributed by atoms with Crippen molar-refractivity contribution >= 4 is 27.5 Å². The van der Waals surface area contributed by atoms with Crippen molar-refractivity contribution in [2.24, 2.45) is 5.73 Å². The molecule has 0 aliphatic carbocycles. The first kappa shape index (κ1) is 20.2. The summed E-state index contributed by atoms with van der Waals surface area (Å²) in [6.45, 7) is 0.145. The van der Waals surface area contributed by atoms with E-state index >= 15 is 0 Å². The van der Waals surface area contributed by atoms with Crippen LogP contribution >= 0.6 is 0 Å². The average molecular weight is 409 g/mol. The second-order valence-corrected chi connectivity index (χ2v) is 8.00. The van der Waals surface area contributed by atoms with E-state index in [1.807, 2.05) is 30.3 Å². The fraction of sp³-hybridized carbons (Fsp3) is 0.0476. The monoisotopic (exact) mass is 409 g/mol. The van der Waals surface area contributed by atoms with E-state index in [4.69, 9.17) is 5.73 Å². The Hall–Kier alpha value is -3.49. The Morgan fingerprint density at radius 1 is 0.828 bits per heavy atom. The summed E-state index contributed by atoms with van der Waals surface area (Å²) in [5.41, 5.74) is 6.97. The van der Waals surface area contributed by atoms with E-state index in [0.29, 0.717) is 11.3 Å². The maximum absolute atomic E-state index is 12.6. The van der Waals surface area contributed by atoms with Crippen LogP contribution in [0.3, 0.4) is 0 Å². The van der Waals surface area contributed by atoms with Gasteiger partial charge in [-0.25, -0.2) is 13.1 Å². The number of primary amides is 1. The summed E-state index contributed by atoms with van der Waals surface area (Å²) < 4.78 is 27.6. The number of carbonyl (C=O) groups excluding carboxylic acids is 2. The minimum Gasteiger partial charge on any atom is -0.366 e. The van der Waals surface area contributed by atoms with Crippen LogP contribution in [0.15, 0.2) is 83.8 Å². The van der Waals surface area contributed by atoms with E-state index in [1.54, 1.807) is 12.1 Å². The molecular formula is C21H19N3O4S. The van der Waals surface area contributed by atoms with Crippen LogP contribution in [-0.2, 0) is 16.6 Å². The summed E-state index contributed by atoms with van der Waals surface area (Å²) in [6, 6.07) is 20.9. The first-order valence-electron chi connectivity index (χ1n) is 8.70. The van der Waals surface area contributed by atoms with Crippen LogP contribution in [0.4, 0.5) is 5.69 Å². The van der Waals surface area contributed by atoms with Gasteiger partial charge in [-0.05, 0) is 48.0 Å². The summed E-state index contributed by atoms with van der Waals surface area (Å²) in [7, 11) is -3.78. The van der Waals surface area contributed by atoms with Gasteiger partial charge in [0.25, 0.3) is 5.91 Å². The molecule has 148 valence electrons. The lowest BCUT2D eigenvalue weighted by Crippen LogP contribution is -2.23. The van der Waals surface area contributed by atoms with E-state index < -0.39 is 21.8 Å². The highest BCUT2D eigenvalue weighted by Gasteiger charge is 2.16. The van der Waals surface area contributed by atoms with E-state index in [1.165, 1.54) is 36.4 Å². The molecule has 3 rings (SSSR count). The fourth-order valence-electron chi connectivity index (χ4n) is 2.58. The highest BCUT2D eigenvalue weighted by atomic mass is 32.2. The Morgan fingerprint density at radius 3 is 2.17 bits per heavy atom. The molecular weight excluding hydrogens is 390 g/mol. The fourth-order valence-corrected chi connectivity index (χ4v) is 3.65. The molecule has 29 heavy (non-hydrogen) atoms. The molecule has 0 aromatic heterocycles. The third-order valence-electron chi connectivity index (χ3n) is 4.14. The largest absolute Gasteiger partial charge is 0.366 e. The molecule has 4 N–H and O–H groups in total. The number of hydrogen-bond acceptors (Lipinski definition) is 4. The topological polar surface area (TPSA) is 118 Å². The van der Waals surface area contributed by atoms with E-state index in [0.717, 1.165) is 5.56 Å². The molecule has 0 saturated carbocycles. The smallest absolute Gasteiger partial charge is 0.255 e. The van der Waals surface area contributed by atoms with E-state index in [2.05, 4.69) is 10.0 Å². The minimum atomic E-state index is -3.78. The lowest BCUT2D eigenvalue weighted by atomic mass is 10.2. The SMILES string of the molecule is NC(=O)c1ccc(NC(=O)c2cccc(S(=O)(=O)NCc3ccccc3)c2)cc1. The Balaban J connectivity index is 1.72. The van der Waals surface area contributed by atoms with E-state index in [-0.39, 0.29) is 17.0 Å².